The standard InChI is InChI=1S/C23H30O2/c1-17(2)9-14-22(24)23(3,4)21-12-10-19(11-13-21)20-8-6-7-18(15-20)16-25-5/h6-8,10-13,15,17H,9,14,16H2,1-5H3. The lowest BCUT2D eigenvalue weighted by Gasteiger charge is -2.24. The lowest BCUT2D eigenvalue weighted by molar-refractivity contribution is -0.123. The third-order valence-corrected chi connectivity index (χ3v) is 4.82. The van der Waals surface area contributed by atoms with Gasteiger partial charge in [-0.3, -0.25) is 4.79 Å². The molecule has 25 heavy (non-hydrogen) atoms. The van der Waals surface area contributed by atoms with Gasteiger partial charge in [-0.05, 0) is 54.5 Å². The third-order valence-electron chi connectivity index (χ3n) is 4.82. The maximum Gasteiger partial charge on any atom is 0.142 e. The first-order valence-electron chi connectivity index (χ1n) is 9.06. The number of Topliss-reactive ketones (excluding diaryl/α,β-unsaturated/α-hetero) is 1. The summed E-state index contributed by atoms with van der Waals surface area (Å²) in [5.41, 5.74) is 4.13. The van der Waals surface area contributed by atoms with Gasteiger partial charge in [0.25, 0.3) is 0 Å². The highest BCUT2D eigenvalue weighted by Gasteiger charge is 2.29. The summed E-state index contributed by atoms with van der Waals surface area (Å²) in [5.74, 6) is 0.873. The van der Waals surface area contributed by atoms with Gasteiger partial charge in [0.15, 0.2) is 0 Å². The Morgan fingerprint density at radius 2 is 1.72 bits per heavy atom. The molecule has 0 bridgehead atoms. The monoisotopic (exact) mass is 338 g/mol. The quantitative estimate of drug-likeness (QED) is 0.609. The minimum Gasteiger partial charge on any atom is -0.380 e. The molecule has 134 valence electrons. The molecule has 0 aliphatic rings. The van der Waals surface area contributed by atoms with Crippen LogP contribution in [0.2, 0.25) is 0 Å². The number of ether oxygens (including phenoxy) is 1. The SMILES string of the molecule is COCc1cccc(-c2ccc(C(C)(C)C(=O)CCC(C)C)cc2)c1. The molecule has 0 unspecified atom stereocenters. The first-order valence-corrected chi connectivity index (χ1v) is 9.06. The van der Waals surface area contributed by atoms with E-state index in [0.717, 1.165) is 23.1 Å². The molecule has 0 aliphatic heterocycles. The van der Waals surface area contributed by atoms with E-state index in [4.69, 9.17) is 4.74 Å². The highest BCUT2D eigenvalue weighted by atomic mass is 16.5. The van der Waals surface area contributed by atoms with Crippen LogP contribution in [0.1, 0.15) is 51.7 Å². The van der Waals surface area contributed by atoms with E-state index in [2.05, 4.69) is 62.4 Å². The zero-order valence-electron chi connectivity index (χ0n) is 16.1. The average molecular weight is 338 g/mol. The van der Waals surface area contributed by atoms with Gasteiger partial charge in [-0.25, -0.2) is 0 Å². The van der Waals surface area contributed by atoms with Crippen molar-refractivity contribution in [3.8, 4) is 11.1 Å². The van der Waals surface area contributed by atoms with E-state index < -0.39 is 5.41 Å². The first-order chi connectivity index (χ1) is 11.8. The number of methoxy groups -OCH3 is 1. The molecule has 0 aliphatic carbocycles. The molecule has 0 fully saturated rings. The van der Waals surface area contributed by atoms with Gasteiger partial charge in [0.05, 0.1) is 6.61 Å². The summed E-state index contributed by atoms with van der Waals surface area (Å²) in [4.78, 5) is 12.6. The van der Waals surface area contributed by atoms with Gasteiger partial charge in [-0.15, -0.1) is 0 Å². The number of rotatable bonds is 8. The van der Waals surface area contributed by atoms with Crippen molar-refractivity contribution in [2.75, 3.05) is 7.11 Å². The lowest BCUT2D eigenvalue weighted by atomic mass is 9.78. The Morgan fingerprint density at radius 3 is 2.32 bits per heavy atom. The number of hydrogen-bond acceptors (Lipinski definition) is 2. The van der Waals surface area contributed by atoms with Gasteiger partial charge in [0, 0.05) is 18.9 Å². The van der Waals surface area contributed by atoms with E-state index in [-0.39, 0.29) is 0 Å². The second-order valence-electron chi connectivity index (χ2n) is 7.69. The summed E-state index contributed by atoms with van der Waals surface area (Å²) in [6.07, 6.45) is 1.60. The molecule has 2 aromatic carbocycles. The Bertz CT molecular complexity index is 696. The second kappa shape index (κ2) is 8.44. The Balaban J connectivity index is 2.18. The number of ketones is 1. The molecule has 0 atom stereocenters. The van der Waals surface area contributed by atoms with Crippen LogP contribution in [0.25, 0.3) is 11.1 Å². The van der Waals surface area contributed by atoms with Crippen molar-refractivity contribution in [3.05, 3.63) is 59.7 Å². The van der Waals surface area contributed by atoms with Crippen molar-refractivity contribution >= 4 is 5.78 Å². The van der Waals surface area contributed by atoms with Crippen molar-refractivity contribution in [3.63, 3.8) is 0 Å². The fraction of sp³-hybridized carbons (Fsp3) is 0.435. The molecular weight excluding hydrogens is 308 g/mol. The second-order valence-corrected chi connectivity index (χ2v) is 7.69. The summed E-state index contributed by atoms with van der Waals surface area (Å²) in [7, 11) is 1.71. The lowest BCUT2D eigenvalue weighted by Crippen LogP contribution is -2.29. The maximum atomic E-state index is 12.6. The van der Waals surface area contributed by atoms with Crippen molar-refractivity contribution < 1.29 is 9.53 Å². The van der Waals surface area contributed by atoms with Crippen LogP contribution >= 0.6 is 0 Å². The molecule has 0 heterocycles. The van der Waals surface area contributed by atoms with E-state index >= 15 is 0 Å². The molecule has 2 aromatic rings. The Hall–Kier alpha value is -1.93. The van der Waals surface area contributed by atoms with Gasteiger partial charge >= 0.3 is 0 Å². The van der Waals surface area contributed by atoms with Crippen LogP contribution in [0.3, 0.4) is 0 Å². The maximum absolute atomic E-state index is 12.6. The fourth-order valence-corrected chi connectivity index (χ4v) is 2.98. The number of benzene rings is 2. The summed E-state index contributed by atoms with van der Waals surface area (Å²) in [6, 6.07) is 16.8. The van der Waals surface area contributed by atoms with Gasteiger partial charge < -0.3 is 4.74 Å². The molecule has 0 radical (unpaired) electrons. The van der Waals surface area contributed by atoms with Crippen molar-refractivity contribution in [2.45, 2.75) is 52.6 Å². The number of carbonyl (C=O) groups excluding carboxylic acids is 1. The Labute approximate surface area is 152 Å². The number of hydrogen-bond donors (Lipinski definition) is 0. The Morgan fingerprint density at radius 1 is 1.04 bits per heavy atom. The molecule has 0 saturated heterocycles. The van der Waals surface area contributed by atoms with Crippen molar-refractivity contribution in [2.24, 2.45) is 5.92 Å². The predicted octanol–water partition coefficient (Wildman–Crippen LogP) is 5.78. The summed E-state index contributed by atoms with van der Waals surface area (Å²) in [6.45, 7) is 9.00. The number of carbonyl (C=O) groups is 1. The van der Waals surface area contributed by atoms with E-state index in [0.29, 0.717) is 24.7 Å². The van der Waals surface area contributed by atoms with Crippen LogP contribution < -0.4 is 0 Å². The molecule has 2 nitrogen and oxygen atoms in total. The van der Waals surface area contributed by atoms with Crippen LogP contribution in [0.4, 0.5) is 0 Å². The highest BCUT2D eigenvalue weighted by molar-refractivity contribution is 5.89. The smallest absolute Gasteiger partial charge is 0.142 e. The van der Waals surface area contributed by atoms with Gasteiger partial charge in [0.1, 0.15) is 5.78 Å². The average Bonchev–Trinajstić information content (AvgIpc) is 2.60. The molecule has 2 heteroatoms. The minimum atomic E-state index is -0.439. The molecule has 2 rings (SSSR count). The third kappa shape index (κ3) is 5.02. The molecule has 0 N–H and O–H groups in total. The largest absolute Gasteiger partial charge is 0.380 e. The summed E-state index contributed by atoms with van der Waals surface area (Å²) >= 11 is 0. The highest BCUT2D eigenvalue weighted by Crippen LogP contribution is 2.29. The van der Waals surface area contributed by atoms with Crippen LogP contribution in [-0.4, -0.2) is 12.9 Å². The van der Waals surface area contributed by atoms with Crippen LogP contribution in [0.5, 0.6) is 0 Å². The van der Waals surface area contributed by atoms with Crippen molar-refractivity contribution in [1.82, 2.24) is 0 Å². The van der Waals surface area contributed by atoms with Crippen molar-refractivity contribution in [1.29, 1.82) is 0 Å². The van der Waals surface area contributed by atoms with Gasteiger partial charge in [-0.2, -0.15) is 0 Å². The van der Waals surface area contributed by atoms with Gasteiger partial charge in [0.2, 0.25) is 0 Å². The summed E-state index contributed by atoms with van der Waals surface area (Å²) < 4.78 is 5.21. The summed E-state index contributed by atoms with van der Waals surface area (Å²) in [5, 5.41) is 0. The Kier molecular flexibility index (Phi) is 6.55. The topological polar surface area (TPSA) is 26.3 Å². The first kappa shape index (κ1) is 19.4. The zero-order valence-corrected chi connectivity index (χ0v) is 16.1. The molecule has 0 amide bonds. The molecule has 0 spiro atoms. The minimum absolute atomic E-state index is 0.316. The van der Waals surface area contributed by atoms with Gasteiger partial charge in [-0.1, -0.05) is 56.3 Å². The van der Waals surface area contributed by atoms with Crippen LogP contribution in [-0.2, 0) is 21.6 Å². The fourth-order valence-electron chi connectivity index (χ4n) is 2.98. The zero-order chi connectivity index (χ0) is 18.4. The predicted molar refractivity (Wildman–Crippen MR) is 105 cm³/mol. The van der Waals surface area contributed by atoms with E-state index in [1.165, 1.54) is 5.56 Å². The molecule has 0 saturated carbocycles. The molecular formula is C23H30O2. The van der Waals surface area contributed by atoms with E-state index in [1.54, 1.807) is 7.11 Å². The van der Waals surface area contributed by atoms with Crippen LogP contribution in [0.15, 0.2) is 48.5 Å². The normalized spacial score (nSPS) is 11.8. The molecule has 0 aromatic heterocycles. The van der Waals surface area contributed by atoms with E-state index in [9.17, 15) is 4.79 Å². The van der Waals surface area contributed by atoms with Crippen LogP contribution in [0, 0.1) is 5.92 Å². The van der Waals surface area contributed by atoms with E-state index in [1.807, 2.05) is 13.8 Å².